The fourth-order valence-electron chi connectivity index (χ4n) is 8.27. The topological polar surface area (TPSA) is 160 Å². The number of nitrogens with zero attached hydrogens (tertiary/aromatic N) is 5. The second kappa shape index (κ2) is 63.4. The summed E-state index contributed by atoms with van der Waals surface area (Å²) < 4.78 is 0. The largest absolute Gasteiger partial charge is 0.395 e. The van der Waals surface area contributed by atoms with Crippen LogP contribution in [-0.4, -0.2) is 267 Å². The maximum absolute atomic E-state index is 13.5. The van der Waals surface area contributed by atoms with Gasteiger partial charge in [0.1, 0.15) is 0 Å². The van der Waals surface area contributed by atoms with Gasteiger partial charge in [-0.25, -0.2) is 0 Å². The molecule has 4 N–H and O–H groups in total. The number of aliphatic hydroxyl groups is 1. The van der Waals surface area contributed by atoms with Crippen LogP contribution >= 0.6 is 118 Å². The molecule has 0 aliphatic rings. The Morgan fingerprint density at radius 3 is 1.27 bits per heavy atom. The molecule has 0 aliphatic heterocycles. The first-order valence-corrected chi connectivity index (χ1v) is 43.3. The zero-order valence-corrected chi connectivity index (χ0v) is 61.5. The second-order valence-corrected chi connectivity index (χ2v) is 33.3. The molecule has 0 atom stereocenters. The maximum Gasteiger partial charge on any atom is 0.223 e. The van der Waals surface area contributed by atoms with Crippen LogP contribution in [0.5, 0.6) is 0 Å². The number of carbonyl (C=O) groups excluding carboxylic acids is 5. The monoisotopic (exact) mass is 1390 g/mol. The molecule has 5 amide bonds. The van der Waals surface area contributed by atoms with Crippen molar-refractivity contribution in [2.75, 3.05) is 208 Å². The van der Waals surface area contributed by atoms with Gasteiger partial charge in [0, 0.05) is 127 Å². The maximum atomic E-state index is 13.5. The highest BCUT2D eigenvalue weighted by atomic mass is 32.2. The summed E-state index contributed by atoms with van der Waals surface area (Å²) in [6.07, 6.45) is 16.2. The number of hydrogen-bond acceptors (Lipinski definition) is 18. The minimum atomic E-state index is -0.0265. The number of aliphatic hydroxyl groups excluding tert-OH is 1. The van der Waals surface area contributed by atoms with Crippen LogP contribution in [-0.2, 0) is 30.4 Å². The van der Waals surface area contributed by atoms with E-state index >= 15 is 0 Å². The lowest BCUT2D eigenvalue weighted by atomic mass is 10.1. The van der Waals surface area contributed by atoms with Crippen LogP contribution in [0.4, 0.5) is 0 Å². The summed E-state index contributed by atoms with van der Waals surface area (Å²) >= 11 is 19.2. The molecule has 0 unspecified atom stereocenters. The Morgan fingerprint density at radius 1 is 0.442 bits per heavy atom. The molecule has 0 radical (unpaired) electrons. The van der Waals surface area contributed by atoms with E-state index < -0.39 is 0 Å². The molecule has 0 bridgehead atoms. The van der Waals surface area contributed by atoms with E-state index in [0.717, 1.165) is 226 Å². The van der Waals surface area contributed by atoms with Crippen LogP contribution < -0.4 is 11.1 Å². The highest BCUT2D eigenvalue weighted by molar-refractivity contribution is 8.01. The SMILES string of the molecule is C=CCN(CCO)C(=O)CCSCCCSCCCNC(=O)CCSCCCSCCCN(CCc1ccccc1)C(=O)CCSCCCSCCCN(C)C(=O)CCSCCCSCCCN(CCN(C)C)C(=O)CCSCCCSCCCN. The number of amides is 5. The Balaban J connectivity index is 2.08. The van der Waals surface area contributed by atoms with E-state index in [1.54, 1.807) is 22.7 Å². The predicted octanol–water partition coefficient (Wildman–Crippen LogP) is 11.2. The molecular formula is C63H115N7O6S10. The lowest BCUT2D eigenvalue weighted by Crippen LogP contribution is -2.37. The number of likely N-dealkylation sites (N-methyl/N-ethyl adjacent to an activating group) is 1. The van der Waals surface area contributed by atoms with Crippen LogP contribution in [0.3, 0.4) is 0 Å². The third-order valence-corrected chi connectivity index (χ3v) is 24.4. The van der Waals surface area contributed by atoms with Crippen molar-refractivity contribution < 1.29 is 29.1 Å². The normalized spacial score (nSPS) is 11.3. The van der Waals surface area contributed by atoms with Crippen molar-refractivity contribution >= 4 is 147 Å². The van der Waals surface area contributed by atoms with Crippen molar-refractivity contribution in [3.05, 3.63) is 48.6 Å². The van der Waals surface area contributed by atoms with Gasteiger partial charge in [-0.2, -0.15) is 118 Å². The summed E-state index contributed by atoms with van der Waals surface area (Å²) in [7, 11) is 6.08. The molecule has 0 aliphatic carbocycles. The van der Waals surface area contributed by atoms with Gasteiger partial charge in [0.2, 0.25) is 29.5 Å². The Kier molecular flexibility index (Phi) is 61.8. The van der Waals surface area contributed by atoms with E-state index in [1.807, 2.05) is 124 Å². The van der Waals surface area contributed by atoms with Crippen molar-refractivity contribution in [1.82, 2.24) is 29.8 Å². The van der Waals surface area contributed by atoms with E-state index in [-0.39, 0.29) is 30.2 Å². The number of nitrogens with two attached hydrogens (primary N) is 1. The number of hydrogen-bond donors (Lipinski definition) is 3. The highest BCUT2D eigenvalue weighted by Crippen LogP contribution is 2.18. The Morgan fingerprint density at radius 2 is 0.826 bits per heavy atom. The average molecular weight is 1390 g/mol. The second-order valence-electron chi connectivity index (χ2n) is 21.0. The molecule has 0 saturated heterocycles. The van der Waals surface area contributed by atoms with Crippen LogP contribution in [0, 0.1) is 0 Å². The van der Waals surface area contributed by atoms with Gasteiger partial charge >= 0.3 is 0 Å². The first kappa shape index (κ1) is 83.7. The summed E-state index contributed by atoms with van der Waals surface area (Å²) in [6.45, 7) is 10.9. The summed E-state index contributed by atoms with van der Waals surface area (Å²) in [4.78, 5) is 73.7. The molecule has 1 aromatic rings. The predicted molar refractivity (Wildman–Crippen MR) is 398 cm³/mol. The Hall–Kier alpha value is -0.310. The van der Waals surface area contributed by atoms with Gasteiger partial charge < -0.3 is 40.7 Å². The van der Waals surface area contributed by atoms with Crippen molar-refractivity contribution in [3.63, 3.8) is 0 Å². The van der Waals surface area contributed by atoms with Crippen molar-refractivity contribution in [1.29, 1.82) is 0 Å². The molecule has 1 rings (SSSR count). The number of benzene rings is 1. The molecular weight excluding hydrogens is 1270 g/mol. The quantitative estimate of drug-likeness (QED) is 0.0417. The summed E-state index contributed by atoms with van der Waals surface area (Å²) in [6, 6.07) is 10.5. The fraction of sp³-hybridized carbons (Fsp3) is 0.794. The molecule has 13 nitrogen and oxygen atoms in total. The van der Waals surface area contributed by atoms with E-state index in [9.17, 15) is 24.0 Å². The van der Waals surface area contributed by atoms with Gasteiger partial charge in [-0.1, -0.05) is 36.4 Å². The number of thioether (sulfide) groups is 10. The fourth-order valence-corrected chi connectivity index (χ4v) is 18.0. The molecule has 86 heavy (non-hydrogen) atoms. The van der Waals surface area contributed by atoms with Gasteiger partial charge in [-0.15, -0.1) is 6.58 Å². The molecule has 23 heteroatoms. The van der Waals surface area contributed by atoms with Crippen molar-refractivity contribution in [2.45, 2.75) is 103 Å². The average Bonchev–Trinajstić information content (AvgIpc) is 3.63. The molecule has 0 fully saturated rings. The van der Waals surface area contributed by atoms with E-state index in [0.29, 0.717) is 51.1 Å². The van der Waals surface area contributed by atoms with E-state index in [4.69, 9.17) is 10.8 Å². The molecule has 1 aromatic carbocycles. The lowest BCUT2D eigenvalue weighted by Gasteiger charge is -2.24. The number of carbonyl (C=O) groups is 5. The number of rotatable bonds is 64. The van der Waals surface area contributed by atoms with E-state index in [1.165, 1.54) is 17.7 Å². The lowest BCUT2D eigenvalue weighted by molar-refractivity contribution is -0.131. The summed E-state index contributed by atoms with van der Waals surface area (Å²) in [5.41, 5.74) is 6.85. The zero-order valence-electron chi connectivity index (χ0n) is 53.3. The molecule has 498 valence electrons. The third kappa shape index (κ3) is 53.2. The van der Waals surface area contributed by atoms with Crippen molar-refractivity contribution in [3.8, 4) is 0 Å². The van der Waals surface area contributed by atoms with Gasteiger partial charge in [0.25, 0.3) is 0 Å². The Bertz CT molecular complexity index is 1790. The van der Waals surface area contributed by atoms with Crippen LogP contribution in [0.2, 0.25) is 0 Å². The summed E-state index contributed by atoms with van der Waals surface area (Å²) in [5.74, 6) is 21.6. The smallest absolute Gasteiger partial charge is 0.223 e. The van der Waals surface area contributed by atoms with Gasteiger partial charge in [-0.05, 0) is 183 Å². The first-order valence-electron chi connectivity index (χ1n) is 31.7. The zero-order chi connectivity index (χ0) is 62.6. The molecule has 0 aromatic heterocycles. The minimum Gasteiger partial charge on any atom is -0.395 e. The van der Waals surface area contributed by atoms with Crippen LogP contribution in [0.1, 0.15) is 102 Å². The standard InChI is InChI=1S/C63H115N7O6S10/c1-5-29-68(36-37-71)61(74)24-55-84-51-15-44-78-39-10-28-65-59(72)22-53-82-48-16-46-80-41-12-31-69(33-21-58-19-7-6-8-20-58)62(75)25-56-85-52-17-45-79-40-11-30-67(4)60(73)23-54-83-49-18-47-81-42-13-32-70(35-34-66(2)3)63(76)26-57-86-50-14-43-77-38-9-27-64/h5-8,19-20,71H,1,9-18,21-57,64H2,2-4H3,(H,65,72). The van der Waals surface area contributed by atoms with Gasteiger partial charge in [-0.3, -0.25) is 24.0 Å². The Labute approximate surface area is 566 Å². The van der Waals surface area contributed by atoms with Gasteiger partial charge in [0.05, 0.1) is 6.61 Å². The van der Waals surface area contributed by atoms with E-state index in [2.05, 4.69) is 65.0 Å². The van der Waals surface area contributed by atoms with Gasteiger partial charge in [0.15, 0.2) is 0 Å². The molecule has 0 heterocycles. The van der Waals surface area contributed by atoms with Crippen LogP contribution in [0.25, 0.3) is 0 Å². The number of nitrogens with one attached hydrogen (secondary N) is 1. The third-order valence-electron chi connectivity index (χ3n) is 13.2. The van der Waals surface area contributed by atoms with Crippen LogP contribution in [0.15, 0.2) is 43.0 Å². The minimum absolute atomic E-state index is 0.0265. The first-order chi connectivity index (χ1) is 42.0. The van der Waals surface area contributed by atoms with Crippen molar-refractivity contribution in [2.24, 2.45) is 5.73 Å². The summed E-state index contributed by atoms with van der Waals surface area (Å²) in [5, 5.41) is 12.2. The molecule has 0 spiro atoms. The molecule has 0 saturated carbocycles. The highest BCUT2D eigenvalue weighted by Gasteiger charge is 2.16.